The molecule has 0 spiro atoms. The maximum Gasteiger partial charge on any atom is 0.0748 e. The molecule has 14 heavy (non-hydrogen) atoms. The van der Waals surface area contributed by atoms with E-state index >= 15 is 0 Å². The molecule has 2 unspecified atom stereocenters. The van der Waals surface area contributed by atoms with Crippen LogP contribution in [0.15, 0.2) is 28.7 Å². The lowest BCUT2D eigenvalue weighted by atomic mass is 10.1. The molecule has 0 amide bonds. The van der Waals surface area contributed by atoms with E-state index in [9.17, 15) is 0 Å². The standard InChI is InChI=1S/C11H14BrNO/c1-8-10(6-7-14-8)13-11-5-3-2-4-9(11)12/h2-5,8,10,13H,6-7H2,1H3. The van der Waals surface area contributed by atoms with Crippen molar-refractivity contribution in [2.75, 3.05) is 11.9 Å². The second-order valence-corrected chi connectivity index (χ2v) is 4.45. The normalized spacial score (nSPS) is 26.4. The molecule has 1 N–H and O–H groups in total. The highest BCUT2D eigenvalue weighted by atomic mass is 79.9. The molecule has 0 radical (unpaired) electrons. The summed E-state index contributed by atoms with van der Waals surface area (Å²) in [7, 11) is 0. The highest BCUT2D eigenvalue weighted by Crippen LogP contribution is 2.25. The number of para-hydroxylation sites is 1. The third-order valence-corrected chi connectivity index (χ3v) is 3.28. The molecule has 2 atom stereocenters. The van der Waals surface area contributed by atoms with E-state index in [1.807, 2.05) is 18.2 Å². The summed E-state index contributed by atoms with van der Waals surface area (Å²) in [6.45, 7) is 2.98. The number of anilines is 1. The molecular formula is C11H14BrNO. The van der Waals surface area contributed by atoms with Gasteiger partial charge in [-0.05, 0) is 41.4 Å². The van der Waals surface area contributed by atoms with Crippen LogP contribution in [0.25, 0.3) is 0 Å². The van der Waals surface area contributed by atoms with Gasteiger partial charge in [-0.3, -0.25) is 0 Å². The van der Waals surface area contributed by atoms with E-state index in [2.05, 4.69) is 34.2 Å². The Kier molecular flexibility index (Phi) is 3.08. The fraction of sp³-hybridized carbons (Fsp3) is 0.455. The molecule has 1 saturated heterocycles. The first kappa shape index (κ1) is 9.99. The Labute approximate surface area is 92.8 Å². The molecule has 1 aliphatic rings. The smallest absolute Gasteiger partial charge is 0.0748 e. The van der Waals surface area contributed by atoms with Gasteiger partial charge in [0.05, 0.1) is 12.1 Å². The van der Waals surface area contributed by atoms with Crippen LogP contribution in [-0.2, 0) is 4.74 Å². The fourth-order valence-electron chi connectivity index (χ4n) is 1.70. The molecule has 0 aliphatic carbocycles. The molecule has 1 aromatic carbocycles. The van der Waals surface area contributed by atoms with Crippen LogP contribution in [-0.4, -0.2) is 18.8 Å². The first-order valence-electron chi connectivity index (χ1n) is 4.90. The summed E-state index contributed by atoms with van der Waals surface area (Å²) in [5.74, 6) is 0. The lowest BCUT2D eigenvalue weighted by molar-refractivity contribution is 0.121. The van der Waals surface area contributed by atoms with Crippen LogP contribution >= 0.6 is 15.9 Å². The van der Waals surface area contributed by atoms with E-state index in [4.69, 9.17) is 4.74 Å². The number of hydrogen-bond donors (Lipinski definition) is 1. The minimum Gasteiger partial charge on any atom is -0.379 e. The van der Waals surface area contributed by atoms with Gasteiger partial charge in [0.15, 0.2) is 0 Å². The number of ether oxygens (including phenoxy) is 1. The van der Waals surface area contributed by atoms with Crippen LogP contribution in [0, 0.1) is 0 Å². The van der Waals surface area contributed by atoms with Gasteiger partial charge >= 0.3 is 0 Å². The van der Waals surface area contributed by atoms with Crippen molar-refractivity contribution in [2.45, 2.75) is 25.5 Å². The van der Waals surface area contributed by atoms with Gasteiger partial charge in [-0.25, -0.2) is 0 Å². The van der Waals surface area contributed by atoms with Crippen molar-refractivity contribution in [1.29, 1.82) is 0 Å². The maximum atomic E-state index is 5.50. The van der Waals surface area contributed by atoms with E-state index in [1.54, 1.807) is 0 Å². The van der Waals surface area contributed by atoms with E-state index in [-0.39, 0.29) is 0 Å². The predicted molar refractivity (Wildman–Crippen MR) is 61.6 cm³/mol. The Morgan fingerprint density at radius 2 is 2.21 bits per heavy atom. The van der Waals surface area contributed by atoms with E-state index in [1.165, 1.54) is 0 Å². The van der Waals surface area contributed by atoms with Gasteiger partial charge in [-0.1, -0.05) is 12.1 Å². The topological polar surface area (TPSA) is 21.3 Å². The third-order valence-electron chi connectivity index (χ3n) is 2.59. The van der Waals surface area contributed by atoms with Crippen molar-refractivity contribution in [3.63, 3.8) is 0 Å². The minimum absolute atomic E-state index is 0.308. The summed E-state index contributed by atoms with van der Waals surface area (Å²) in [4.78, 5) is 0. The van der Waals surface area contributed by atoms with Crippen molar-refractivity contribution < 1.29 is 4.74 Å². The first-order chi connectivity index (χ1) is 6.77. The SMILES string of the molecule is CC1OCCC1Nc1ccccc1Br. The average Bonchev–Trinajstić information content (AvgIpc) is 2.56. The molecule has 1 aromatic rings. The van der Waals surface area contributed by atoms with Gasteiger partial charge in [0.1, 0.15) is 0 Å². The third kappa shape index (κ3) is 2.10. The zero-order valence-electron chi connectivity index (χ0n) is 8.16. The summed E-state index contributed by atoms with van der Waals surface area (Å²) in [6, 6.07) is 8.61. The monoisotopic (exact) mass is 255 g/mol. The molecule has 2 nitrogen and oxygen atoms in total. The van der Waals surface area contributed by atoms with Crippen LogP contribution in [0.5, 0.6) is 0 Å². The molecule has 3 heteroatoms. The van der Waals surface area contributed by atoms with Gasteiger partial charge in [0.2, 0.25) is 0 Å². The molecule has 0 saturated carbocycles. The lowest BCUT2D eigenvalue weighted by Crippen LogP contribution is -2.26. The fourth-order valence-corrected chi connectivity index (χ4v) is 2.10. The summed E-state index contributed by atoms with van der Waals surface area (Å²) in [5.41, 5.74) is 1.15. The summed E-state index contributed by atoms with van der Waals surface area (Å²) >= 11 is 3.52. The molecule has 2 rings (SSSR count). The molecule has 0 aromatic heterocycles. The Morgan fingerprint density at radius 1 is 1.43 bits per heavy atom. The quantitative estimate of drug-likeness (QED) is 0.878. The summed E-state index contributed by atoms with van der Waals surface area (Å²) < 4.78 is 6.61. The molecule has 76 valence electrons. The number of benzene rings is 1. The molecule has 1 aliphatic heterocycles. The minimum atomic E-state index is 0.308. The number of rotatable bonds is 2. The predicted octanol–water partition coefficient (Wildman–Crippen LogP) is 3.04. The summed E-state index contributed by atoms with van der Waals surface area (Å²) in [6.07, 6.45) is 1.39. The van der Waals surface area contributed by atoms with E-state index in [0.717, 1.165) is 23.2 Å². The van der Waals surface area contributed by atoms with E-state index < -0.39 is 0 Å². The molecule has 0 bridgehead atoms. The number of hydrogen-bond acceptors (Lipinski definition) is 2. The van der Waals surface area contributed by atoms with Crippen LogP contribution in [0.1, 0.15) is 13.3 Å². The van der Waals surface area contributed by atoms with Crippen molar-refractivity contribution in [3.05, 3.63) is 28.7 Å². The zero-order chi connectivity index (χ0) is 9.97. The van der Waals surface area contributed by atoms with Gasteiger partial charge < -0.3 is 10.1 Å². The van der Waals surface area contributed by atoms with Crippen LogP contribution in [0.3, 0.4) is 0 Å². The largest absolute Gasteiger partial charge is 0.379 e. The highest BCUT2D eigenvalue weighted by molar-refractivity contribution is 9.10. The highest BCUT2D eigenvalue weighted by Gasteiger charge is 2.24. The van der Waals surface area contributed by atoms with Gasteiger partial charge in [0, 0.05) is 16.8 Å². The van der Waals surface area contributed by atoms with Crippen LogP contribution in [0.4, 0.5) is 5.69 Å². The van der Waals surface area contributed by atoms with Crippen LogP contribution in [0.2, 0.25) is 0 Å². The second-order valence-electron chi connectivity index (χ2n) is 3.60. The van der Waals surface area contributed by atoms with E-state index in [0.29, 0.717) is 12.1 Å². The second kappa shape index (κ2) is 4.32. The molecular weight excluding hydrogens is 242 g/mol. The van der Waals surface area contributed by atoms with Gasteiger partial charge in [0.25, 0.3) is 0 Å². The first-order valence-corrected chi connectivity index (χ1v) is 5.69. The Hall–Kier alpha value is -0.540. The lowest BCUT2D eigenvalue weighted by Gasteiger charge is -2.18. The molecule has 1 fully saturated rings. The summed E-state index contributed by atoms with van der Waals surface area (Å²) in [5, 5.41) is 3.49. The van der Waals surface area contributed by atoms with Crippen LogP contribution < -0.4 is 5.32 Å². The average molecular weight is 256 g/mol. The van der Waals surface area contributed by atoms with Crippen molar-refractivity contribution in [1.82, 2.24) is 0 Å². The number of halogens is 1. The van der Waals surface area contributed by atoms with Crippen molar-refractivity contribution in [3.8, 4) is 0 Å². The Bertz CT molecular complexity index is 316. The maximum absolute atomic E-state index is 5.50. The Morgan fingerprint density at radius 3 is 2.86 bits per heavy atom. The van der Waals surface area contributed by atoms with Crippen molar-refractivity contribution in [2.24, 2.45) is 0 Å². The zero-order valence-corrected chi connectivity index (χ0v) is 9.75. The van der Waals surface area contributed by atoms with Gasteiger partial charge in [-0.15, -0.1) is 0 Å². The molecule has 1 heterocycles. The number of nitrogens with one attached hydrogen (secondary N) is 1. The Balaban J connectivity index is 2.07. The van der Waals surface area contributed by atoms with Gasteiger partial charge in [-0.2, -0.15) is 0 Å². The van der Waals surface area contributed by atoms with Crippen molar-refractivity contribution >= 4 is 21.6 Å².